The number of hydrogen-bond donors (Lipinski definition) is 2. The van der Waals surface area contributed by atoms with Crippen molar-refractivity contribution in [1.29, 1.82) is 0 Å². The van der Waals surface area contributed by atoms with Gasteiger partial charge in [0.2, 0.25) is 12.1 Å². The van der Waals surface area contributed by atoms with Crippen molar-refractivity contribution in [2.45, 2.75) is 108 Å². The predicted molar refractivity (Wildman–Crippen MR) is 109 cm³/mol. The van der Waals surface area contributed by atoms with Gasteiger partial charge in [-0.3, -0.25) is 25.0 Å². The molecule has 0 spiro atoms. The second-order valence-corrected chi connectivity index (χ2v) is 7.38. The number of carbonyl (C=O) groups excluding carboxylic acids is 1. The molecule has 0 aliphatic carbocycles. The number of rotatable bonds is 19. The molecule has 0 bridgehead atoms. The summed E-state index contributed by atoms with van der Waals surface area (Å²) in [7, 11) is 0. The van der Waals surface area contributed by atoms with Crippen LogP contribution < -0.4 is 0 Å². The molecule has 0 aliphatic heterocycles. The minimum Gasteiger partial charge on any atom is -0.386 e. The Hall–Kier alpha value is -1.87. The number of allylic oxidation sites excluding steroid dienone is 1. The van der Waals surface area contributed by atoms with Crippen molar-refractivity contribution in [3.63, 3.8) is 0 Å². The van der Waals surface area contributed by atoms with Crippen molar-refractivity contribution in [2.75, 3.05) is 0 Å². The Labute approximate surface area is 172 Å². The number of hydrogen-bond acceptors (Lipinski definition) is 7. The maximum atomic E-state index is 11.3. The molecule has 29 heavy (non-hydrogen) atoms. The van der Waals surface area contributed by atoms with E-state index in [1.54, 1.807) is 12.4 Å². The van der Waals surface area contributed by atoms with Crippen LogP contribution in [0.25, 0.3) is 0 Å². The SMILES string of the molecule is CCCCCCCC/C=C\CC(C(O)CC(C(O)CCC[C]=O)[N+](=O)[O-])[N+](=O)[O-]. The molecule has 9 nitrogen and oxygen atoms in total. The Balaban J connectivity index is 4.52. The molecule has 0 fully saturated rings. The van der Waals surface area contributed by atoms with Crippen LogP contribution in [0.5, 0.6) is 0 Å². The number of nitrogens with zero attached hydrogens (tertiary/aromatic N) is 2. The number of aliphatic hydroxyl groups excluding tert-OH is 2. The lowest BCUT2D eigenvalue weighted by Gasteiger charge is -2.20. The lowest BCUT2D eigenvalue weighted by molar-refractivity contribution is -0.553. The normalized spacial score (nSPS) is 15.7. The van der Waals surface area contributed by atoms with Gasteiger partial charge in [0.15, 0.2) is 6.29 Å². The summed E-state index contributed by atoms with van der Waals surface area (Å²) in [6.45, 7) is 2.16. The highest BCUT2D eigenvalue weighted by Gasteiger charge is 2.38. The molecular weight excluding hydrogens is 380 g/mol. The lowest BCUT2D eigenvalue weighted by Crippen LogP contribution is -2.42. The van der Waals surface area contributed by atoms with Crippen molar-refractivity contribution in [1.82, 2.24) is 0 Å². The largest absolute Gasteiger partial charge is 0.386 e. The highest BCUT2D eigenvalue weighted by atomic mass is 16.6. The van der Waals surface area contributed by atoms with E-state index in [1.807, 2.05) is 6.08 Å². The standard InChI is InChI=1S/C20H35N2O7/c1-2-3-4-5-6-7-8-9-10-13-17(21(26)27)20(25)16-18(22(28)29)19(24)14-11-12-15-23/h9-10,17-20,24-25H,2-8,11-14,16H2,1H3/b10-9-. The molecule has 4 unspecified atom stereocenters. The smallest absolute Gasteiger partial charge is 0.242 e. The van der Waals surface area contributed by atoms with Crippen LogP contribution in [0.1, 0.15) is 84.0 Å². The fourth-order valence-electron chi connectivity index (χ4n) is 3.14. The van der Waals surface area contributed by atoms with Gasteiger partial charge >= 0.3 is 0 Å². The van der Waals surface area contributed by atoms with Crippen molar-refractivity contribution in [3.05, 3.63) is 32.4 Å². The molecule has 167 valence electrons. The maximum absolute atomic E-state index is 11.3. The summed E-state index contributed by atoms with van der Waals surface area (Å²) in [5.74, 6) is 0. The van der Waals surface area contributed by atoms with Gasteiger partial charge in [-0.25, -0.2) is 0 Å². The van der Waals surface area contributed by atoms with E-state index in [2.05, 4.69) is 6.92 Å². The Bertz CT molecular complexity index is 499. The number of nitro groups is 2. The highest BCUT2D eigenvalue weighted by molar-refractivity contribution is 5.50. The van der Waals surface area contributed by atoms with Gasteiger partial charge in [-0.05, 0) is 25.7 Å². The fraction of sp³-hybridized carbons (Fsp3) is 0.850. The molecule has 9 heteroatoms. The van der Waals surface area contributed by atoms with E-state index in [9.17, 15) is 35.2 Å². The molecule has 0 saturated heterocycles. The van der Waals surface area contributed by atoms with Crippen molar-refractivity contribution in [2.24, 2.45) is 0 Å². The highest BCUT2D eigenvalue weighted by Crippen LogP contribution is 2.17. The molecule has 1 radical (unpaired) electrons. The Morgan fingerprint density at radius 1 is 0.897 bits per heavy atom. The van der Waals surface area contributed by atoms with E-state index in [4.69, 9.17) is 0 Å². The molecule has 0 rings (SSSR count). The molecule has 0 saturated carbocycles. The number of unbranched alkanes of at least 4 members (excludes halogenated alkanes) is 7. The first kappa shape index (κ1) is 27.1. The van der Waals surface area contributed by atoms with E-state index in [-0.39, 0.29) is 25.7 Å². The molecule has 0 aliphatic rings. The van der Waals surface area contributed by atoms with E-state index in [1.165, 1.54) is 25.7 Å². The molecule has 0 aromatic rings. The van der Waals surface area contributed by atoms with E-state index in [0.717, 1.165) is 19.3 Å². The monoisotopic (exact) mass is 415 g/mol. The lowest BCUT2D eigenvalue weighted by atomic mass is 9.95. The zero-order chi connectivity index (χ0) is 22.1. The summed E-state index contributed by atoms with van der Waals surface area (Å²) in [6, 6.07) is -2.89. The first-order valence-corrected chi connectivity index (χ1v) is 10.5. The molecule has 0 amide bonds. The van der Waals surface area contributed by atoms with Crippen molar-refractivity contribution >= 4 is 6.29 Å². The zero-order valence-corrected chi connectivity index (χ0v) is 17.3. The summed E-state index contributed by atoms with van der Waals surface area (Å²) in [6.07, 6.45) is 9.63. The van der Waals surface area contributed by atoms with E-state index < -0.39 is 40.6 Å². The van der Waals surface area contributed by atoms with E-state index in [0.29, 0.717) is 0 Å². The summed E-state index contributed by atoms with van der Waals surface area (Å²) >= 11 is 0. The minimum absolute atomic E-state index is 0.00506. The van der Waals surface area contributed by atoms with Crippen LogP contribution in [0.3, 0.4) is 0 Å². The summed E-state index contributed by atoms with van der Waals surface area (Å²) in [5.41, 5.74) is 0. The predicted octanol–water partition coefficient (Wildman–Crippen LogP) is 3.37. The van der Waals surface area contributed by atoms with Crippen molar-refractivity contribution < 1.29 is 24.9 Å². The third kappa shape index (κ3) is 13.1. The van der Waals surface area contributed by atoms with Gasteiger partial charge in [0, 0.05) is 22.7 Å². The Morgan fingerprint density at radius 3 is 2.10 bits per heavy atom. The van der Waals surface area contributed by atoms with E-state index >= 15 is 0 Å². The van der Waals surface area contributed by atoms with Gasteiger partial charge in [0.25, 0.3) is 0 Å². The van der Waals surface area contributed by atoms with Gasteiger partial charge < -0.3 is 10.2 Å². The van der Waals surface area contributed by atoms with Crippen LogP contribution in [0.2, 0.25) is 0 Å². The average Bonchev–Trinajstić information content (AvgIpc) is 2.67. The second-order valence-electron chi connectivity index (χ2n) is 7.38. The van der Waals surface area contributed by atoms with Gasteiger partial charge in [0.05, 0.1) is 6.42 Å². The molecule has 2 N–H and O–H groups in total. The van der Waals surface area contributed by atoms with Crippen LogP contribution in [0.15, 0.2) is 12.2 Å². The zero-order valence-electron chi connectivity index (χ0n) is 17.3. The number of aliphatic hydroxyl groups is 2. The molecule has 4 atom stereocenters. The molecular formula is C20H35N2O7. The third-order valence-corrected chi connectivity index (χ3v) is 4.96. The molecule has 0 aromatic carbocycles. The Morgan fingerprint density at radius 2 is 1.52 bits per heavy atom. The van der Waals surface area contributed by atoms with Crippen LogP contribution in [-0.4, -0.2) is 50.6 Å². The topological polar surface area (TPSA) is 144 Å². The quantitative estimate of drug-likeness (QED) is 0.142. The van der Waals surface area contributed by atoms with Crippen LogP contribution in [0.4, 0.5) is 0 Å². The van der Waals surface area contributed by atoms with Crippen LogP contribution in [0, 0.1) is 20.2 Å². The first-order chi connectivity index (χ1) is 13.8. The van der Waals surface area contributed by atoms with Gasteiger partial charge in [-0.2, -0.15) is 0 Å². The summed E-state index contributed by atoms with van der Waals surface area (Å²) < 4.78 is 0. The minimum atomic E-state index is -1.55. The van der Waals surface area contributed by atoms with Crippen LogP contribution in [-0.2, 0) is 4.79 Å². The molecule has 0 aromatic heterocycles. The summed E-state index contributed by atoms with van der Waals surface area (Å²) in [5, 5.41) is 42.6. The van der Waals surface area contributed by atoms with Crippen LogP contribution >= 0.6 is 0 Å². The first-order valence-electron chi connectivity index (χ1n) is 10.5. The third-order valence-electron chi connectivity index (χ3n) is 4.96. The van der Waals surface area contributed by atoms with Gasteiger partial charge in [-0.15, -0.1) is 0 Å². The fourth-order valence-corrected chi connectivity index (χ4v) is 3.14. The maximum Gasteiger partial charge on any atom is 0.242 e. The second kappa shape index (κ2) is 17.0. The average molecular weight is 416 g/mol. The molecule has 0 heterocycles. The Kier molecular flexibility index (Phi) is 15.9. The van der Waals surface area contributed by atoms with Crippen molar-refractivity contribution in [3.8, 4) is 0 Å². The van der Waals surface area contributed by atoms with Gasteiger partial charge in [-0.1, -0.05) is 51.2 Å². The van der Waals surface area contributed by atoms with Gasteiger partial charge in [0.1, 0.15) is 12.2 Å². The summed E-state index contributed by atoms with van der Waals surface area (Å²) in [4.78, 5) is 31.3.